The van der Waals surface area contributed by atoms with Crippen LogP contribution in [0.3, 0.4) is 0 Å². The second kappa shape index (κ2) is 4.77. The van der Waals surface area contributed by atoms with Crippen molar-refractivity contribution in [2.75, 3.05) is 11.4 Å². The summed E-state index contributed by atoms with van der Waals surface area (Å²) in [6.07, 6.45) is 1.56. The molecule has 1 heterocycles. The predicted molar refractivity (Wildman–Crippen MR) is 69.7 cm³/mol. The molecular formula is C13H17FN2O3. The summed E-state index contributed by atoms with van der Waals surface area (Å²) in [4.78, 5) is 12.3. The van der Waals surface area contributed by atoms with Crippen LogP contribution < -0.4 is 4.90 Å². The van der Waals surface area contributed by atoms with Gasteiger partial charge in [0.15, 0.2) is 0 Å². The molecule has 0 unspecified atom stereocenters. The van der Waals surface area contributed by atoms with Gasteiger partial charge in [0.2, 0.25) is 0 Å². The lowest BCUT2D eigenvalue weighted by Crippen LogP contribution is -2.46. The van der Waals surface area contributed by atoms with Crippen LogP contribution in [0.15, 0.2) is 18.2 Å². The summed E-state index contributed by atoms with van der Waals surface area (Å²) in [5, 5.41) is 21.2. The Bertz CT molecular complexity index is 499. The first-order valence-electron chi connectivity index (χ1n) is 6.23. The van der Waals surface area contributed by atoms with Crippen LogP contribution in [-0.2, 0) is 0 Å². The molecule has 1 fully saturated rings. The summed E-state index contributed by atoms with van der Waals surface area (Å²) >= 11 is 0. The van der Waals surface area contributed by atoms with Gasteiger partial charge in [-0.05, 0) is 32.8 Å². The van der Waals surface area contributed by atoms with Crippen LogP contribution in [0.2, 0.25) is 0 Å². The fraction of sp³-hybridized carbons (Fsp3) is 0.538. The van der Waals surface area contributed by atoms with Crippen molar-refractivity contribution >= 4 is 11.4 Å². The highest BCUT2D eigenvalue weighted by Crippen LogP contribution is 2.37. The third-order valence-corrected chi connectivity index (χ3v) is 3.51. The van der Waals surface area contributed by atoms with Crippen molar-refractivity contribution in [3.05, 3.63) is 34.1 Å². The second-order valence-corrected chi connectivity index (χ2v) is 5.40. The monoisotopic (exact) mass is 268 g/mol. The number of hydrogen-bond donors (Lipinski definition) is 1. The molecule has 1 N–H and O–H groups in total. The quantitative estimate of drug-likeness (QED) is 0.675. The van der Waals surface area contributed by atoms with Crippen LogP contribution in [0.5, 0.6) is 0 Å². The van der Waals surface area contributed by atoms with Crippen LogP contribution >= 0.6 is 0 Å². The normalized spacial score (nSPS) is 19.8. The van der Waals surface area contributed by atoms with Crippen LogP contribution in [0, 0.1) is 15.9 Å². The number of nitro groups is 1. The standard InChI is InChI=1S/C13H17FN2O3/c1-13(2,17)12-4-3-7-15(12)11-8-9(14)5-6-10(11)16(18)19/h5-6,8,12,17H,3-4,7H2,1-2H3/t12-/m0/s1. The van der Waals surface area contributed by atoms with Gasteiger partial charge in [0.25, 0.3) is 5.69 Å². The average Bonchev–Trinajstić information content (AvgIpc) is 2.76. The maximum atomic E-state index is 13.4. The number of benzene rings is 1. The molecule has 0 radical (unpaired) electrons. The van der Waals surface area contributed by atoms with E-state index in [0.29, 0.717) is 6.54 Å². The minimum atomic E-state index is -0.989. The molecule has 6 heteroatoms. The molecule has 104 valence electrons. The van der Waals surface area contributed by atoms with Gasteiger partial charge in [0, 0.05) is 18.7 Å². The van der Waals surface area contributed by atoms with Gasteiger partial charge in [-0.1, -0.05) is 0 Å². The Kier molecular flexibility index (Phi) is 3.45. The molecule has 0 aromatic heterocycles. The highest BCUT2D eigenvalue weighted by Gasteiger charge is 2.38. The largest absolute Gasteiger partial charge is 0.388 e. The van der Waals surface area contributed by atoms with E-state index < -0.39 is 16.3 Å². The number of halogens is 1. The van der Waals surface area contributed by atoms with Crippen molar-refractivity contribution < 1.29 is 14.4 Å². The minimum absolute atomic E-state index is 0.127. The van der Waals surface area contributed by atoms with Crippen molar-refractivity contribution in [2.45, 2.75) is 38.3 Å². The molecule has 0 spiro atoms. The van der Waals surface area contributed by atoms with Gasteiger partial charge >= 0.3 is 0 Å². The van der Waals surface area contributed by atoms with Gasteiger partial charge < -0.3 is 10.0 Å². The molecule has 1 saturated heterocycles. The Hall–Kier alpha value is -1.69. The number of nitro benzene ring substituents is 1. The smallest absolute Gasteiger partial charge is 0.292 e. The molecule has 1 aliphatic heterocycles. The third-order valence-electron chi connectivity index (χ3n) is 3.51. The fourth-order valence-electron chi connectivity index (χ4n) is 2.67. The second-order valence-electron chi connectivity index (χ2n) is 5.40. The summed E-state index contributed by atoms with van der Waals surface area (Å²) in [5.41, 5.74) is -0.872. The van der Waals surface area contributed by atoms with Gasteiger partial charge in [-0.25, -0.2) is 4.39 Å². The van der Waals surface area contributed by atoms with Gasteiger partial charge in [-0.2, -0.15) is 0 Å². The summed E-state index contributed by atoms with van der Waals surface area (Å²) in [7, 11) is 0. The highest BCUT2D eigenvalue weighted by molar-refractivity contribution is 5.64. The van der Waals surface area contributed by atoms with E-state index in [-0.39, 0.29) is 17.4 Å². The zero-order valence-electron chi connectivity index (χ0n) is 11.0. The molecule has 2 rings (SSSR count). The van der Waals surface area contributed by atoms with Crippen molar-refractivity contribution in [3.8, 4) is 0 Å². The van der Waals surface area contributed by atoms with E-state index >= 15 is 0 Å². The van der Waals surface area contributed by atoms with E-state index in [2.05, 4.69) is 0 Å². The van der Waals surface area contributed by atoms with Crippen molar-refractivity contribution in [1.82, 2.24) is 0 Å². The molecule has 1 aromatic rings. The zero-order chi connectivity index (χ0) is 14.2. The number of rotatable bonds is 3. The Balaban J connectivity index is 2.46. The molecule has 19 heavy (non-hydrogen) atoms. The number of aliphatic hydroxyl groups is 1. The third kappa shape index (κ3) is 2.68. The lowest BCUT2D eigenvalue weighted by atomic mass is 9.96. The summed E-state index contributed by atoms with van der Waals surface area (Å²) in [5.74, 6) is -0.512. The molecule has 1 aromatic carbocycles. The molecule has 0 aliphatic carbocycles. The lowest BCUT2D eigenvalue weighted by molar-refractivity contribution is -0.384. The molecule has 0 amide bonds. The van der Waals surface area contributed by atoms with E-state index in [0.717, 1.165) is 18.9 Å². The lowest BCUT2D eigenvalue weighted by Gasteiger charge is -2.35. The minimum Gasteiger partial charge on any atom is -0.388 e. The Labute approximate surface area is 110 Å². The molecular weight excluding hydrogens is 251 g/mol. The van der Waals surface area contributed by atoms with Gasteiger partial charge in [0.1, 0.15) is 11.5 Å². The molecule has 1 atom stereocenters. The fourth-order valence-corrected chi connectivity index (χ4v) is 2.67. The maximum absolute atomic E-state index is 13.4. The topological polar surface area (TPSA) is 66.6 Å². The SMILES string of the molecule is CC(C)(O)[C@@H]1CCCN1c1cc(F)ccc1[N+](=O)[O-]. The maximum Gasteiger partial charge on any atom is 0.292 e. The van der Waals surface area contributed by atoms with Crippen molar-refractivity contribution in [1.29, 1.82) is 0 Å². The van der Waals surface area contributed by atoms with Crippen molar-refractivity contribution in [2.24, 2.45) is 0 Å². The molecule has 5 nitrogen and oxygen atoms in total. The first-order valence-corrected chi connectivity index (χ1v) is 6.23. The molecule has 0 bridgehead atoms. The van der Waals surface area contributed by atoms with Crippen LogP contribution in [0.1, 0.15) is 26.7 Å². The summed E-state index contributed by atoms with van der Waals surface area (Å²) < 4.78 is 13.4. The number of nitrogens with zero attached hydrogens (tertiary/aromatic N) is 2. The summed E-state index contributed by atoms with van der Waals surface area (Å²) in [6.45, 7) is 3.92. The molecule has 1 aliphatic rings. The Morgan fingerprint density at radius 2 is 2.21 bits per heavy atom. The van der Waals surface area contributed by atoms with Crippen LogP contribution in [0.25, 0.3) is 0 Å². The summed E-state index contributed by atoms with van der Waals surface area (Å²) in [6, 6.07) is 3.18. The van der Waals surface area contributed by atoms with E-state index in [4.69, 9.17) is 0 Å². The molecule has 0 saturated carbocycles. The first kappa shape index (κ1) is 13.7. The zero-order valence-corrected chi connectivity index (χ0v) is 11.0. The Morgan fingerprint density at radius 1 is 1.53 bits per heavy atom. The Morgan fingerprint density at radius 3 is 2.79 bits per heavy atom. The number of hydrogen-bond acceptors (Lipinski definition) is 4. The van der Waals surface area contributed by atoms with Crippen molar-refractivity contribution in [3.63, 3.8) is 0 Å². The first-order chi connectivity index (χ1) is 8.80. The van der Waals surface area contributed by atoms with E-state index in [9.17, 15) is 19.6 Å². The van der Waals surface area contributed by atoms with Gasteiger partial charge in [-0.15, -0.1) is 0 Å². The van der Waals surface area contributed by atoms with Crippen LogP contribution in [-0.4, -0.2) is 28.2 Å². The average molecular weight is 268 g/mol. The van der Waals surface area contributed by atoms with E-state index in [1.165, 1.54) is 12.1 Å². The predicted octanol–water partition coefficient (Wildman–Crippen LogP) is 2.47. The highest BCUT2D eigenvalue weighted by atomic mass is 19.1. The van der Waals surface area contributed by atoms with Crippen LogP contribution in [0.4, 0.5) is 15.8 Å². The van der Waals surface area contributed by atoms with Gasteiger partial charge in [0.05, 0.1) is 16.6 Å². The number of anilines is 1. The van der Waals surface area contributed by atoms with E-state index in [1.807, 2.05) is 0 Å². The van der Waals surface area contributed by atoms with Gasteiger partial charge in [-0.3, -0.25) is 10.1 Å². The van der Waals surface area contributed by atoms with E-state index in [1.54, 1.807) is 18.7 Å².